The van der Waals surface area contributed by atoms with Crippen LogP contribution >= 0.6 is 0 Å². The normalized spacial score (nSPS) is 17.1. The summed E-state index contributed by atoms with van der Waals surface area (Å²) >= 11 is 0. The molecule has 2 atom stereocenters. The van der Waals surface area contributed by atoms with Crippen LogP contribution in [-0.4, -0.2) is 171 Å². The lowest BCUT2D eigenvalue weighted by molar-refractivity contribution is -0.532. The minimum atomic E-state index is 0.548. The highest BCUT2D eigenvalue weighted by Crippen LogP contribution is 2.34. The molecule has 6 fully saturated rings. The Morgan fingerprint density at radius 2 is 0.595 bits per heavy atom. The third-order valence-corrected chi connectivity index (χ3v) is 24.6. The van der Waals surface area contributed by atoms with Gasteiger partial charge in [0, 0.05) is 181 Å². The van der Waals surface area contributed by atoms with E-state index in [0.29, 0.717) is 12.1 Å². The quantitative estimate of drug-likeness (QED) is 0.102. The van der Waals surface area contributed by atoms with Crippen LogP contribution in [0.2, 0.25) is 0 Å². The third kappa shape index (κ3) is 23.6. The molecule has 0 bridgehead atoms. The van der Waals surface area contributed by atoms with E-state index in [4.69, 9.17) is 0 Å². The summed E-state index contributed by atoms with van der Waals surface area (Å²) in [7, 11) is 25.0. The average Bonchev–Trinajstić information content (AvgIpc) is 1.19. The smallest absolute Gasteiger partial charge is 0.170 e. The van der Waals surface area contributed by atoms with E-state index in [-0.39, 0.29) is 0 Å². The Hall–Kier alpha value is -9.69. The highest BCUT2D eigenvalue weighted by atomic mass is 15.1. The SMILES string of the molecule is CN(C)c1ccc2cc(C3CCCCN3)ccc2c1.CN(C)c1ccc2cc(C3CCCN3)ccc2c1.CN(C)c1ccc2cc(C=[N+]3CCCCC3)ccc2c1.CN(C)c1ccc2cc(CN3CCCCC3)ccc2c1.CN(C)c1ccc2cc(CN3CCCCC3)ccc2c1.CN(C)c1ccc2cc(N3CCCCC3)ccc2c1. The van der Waals surface area contributed by atoms with Gasteiger partial charge in [-0.1, -0.05) is 116 Å². The van der Waals surface area contributed by atoms with Crippen molar-refractivity contribution >= 4 is 111 Å². The fraction of sp³-hybridized carbons (Fsp3) is 0.413. The molecule has 0 spiro atoms. The lowest BCUT2D eigenvalue weighted by Crippen LogP contribution is -2.29. The second-order valence-corrected chi connectivity index (χ2v) is 34.8. The molecule has 12 aromatic carbocycles. The van der Waals surface area contributed by atoms with E-state index in [1.54, 1.807) is 0 Å². The Kier molecular flexibility index (Phi) is 30.1. The van der Waals surface area contributed by atoms with Crippen LogP contribution in [0.5, 0.6) is 0 Å². The van der Waals surface area contributed by atoms with Gasteiger partial charge in [0.15, 0.2) is 6.21 Å². The molecule has 0 aromatic heterocycles. The number of hydrogen-bond donors (Lipinski definition) is 2. The molecule has 0 aliphatic carbocycles. The summed E-state index contributed by atoms with van der Waals surface area (Å²) < 4.78 is 2.46. The van der Waals surface area contributed by atoms with Gasteiger partial charge >= 0.3 is 0 Å². The van der Waals surface area contributed by atoms with Gasteiger partial charge in [0.25, 0.3) is 0 Å². The molecule has 6 aliphatic heterocycles. The summed E-state index contributed by atoms with van der Waals surface area (Å²) in [6.45, 7) is 14.4. The first-order valence-electron chi connectivity index (χ1n) is 43.9. The van der Waals surface area contributed by atoms with Crippen molar-refractivity contribution in [2.24, 2.45) is 0 Å². The van der Waals surface area contributed by atoms with Crippen molar-refractivity contribution in [3.8, 4) is 0 Å². The zero-order chi connectivity index (χ0) is 80.9. The van der Waals surface area contributed by atoms with Crippen LogP contribution in [0.25, 0.3) is 64.6 Å². The minimum absolute atomic E-state index is 0.548. The van der Waals surface area contributed by atoms with Crippen LogP contribution in [0.1, 0.15) is 149 Å². The summed E-state index contributed by atoms with van der Waals surface area (Å²) in [5, 5.41) is 23.2. The van der Waals surface area contributed by atoms with Gasteiger partial charge in [-0.2, -0.15) is 0 Å². The molecule has 12 nitrogen and oxygen atoms in total. The summed E-state index contributed by atoms with van der Waals surface area (Å²) in [6, 6.07) is 82.4. The summed E-state index contributed by atoms with van der Waals surface area (Å²) in [6.07, 6.45) is 25.1. The Morgan fingerprint density at radius 3 is 0.974 bits per heavy atom. The zero-order valence-electron chi connectivity index (χ0n) is 72.5. The Morgan fingerprint density at radius 1 is 0.284 bits per heavy atom. The molecule has 0 radical (unpaired) electrons. The average molecular weight is 1550 g/mol. The second kappa shape index (κ2) is 41.4. The molecule has 2 N–H and O–H groups in total. The maximum atomic E-state index is 3.62. The van der Waals surface area contributed by atoms with Crippen molar-refractivity contribution in [1.29, 1.82) is 0 Å². The van der Waals surface area contributed by atoms with Crippen LogP contribution in [0, 0.1) is 0 Å². The molecule has 6 heterocycles. The molecule has 12 aromatic rings. The van der Waals surface area contributed by atoms with E-state index in [1.165, 1.54) is 294 Å². The molecule has 0 saturated carbocycles. The van der Waals surface area contributed by atoms with E-state index < -0.39 is 0 Å². The first kappa shape index (κ1) is 84.2. The van der Waals surface area contributed by atoms with Gasteiger partial charge in [-0.15, -0.1) is 0 Å². The van der Waals surface area contributed by atoms with E-state index in [0.717, 1.165) is 26.2 Å². The van der Waals surface area contributed by atoms with Crippen molar-refractivity contribution in [1.82, 2.24) is 20.4 Å². The third-order valence-electron chi connectivity index (χ3n) is 24.6. The maximum Gasteiger partial charge on any atom is 0.170 e. The van der Waals surface area contributed by atoms with Gasteiger partial charge in [-0.05, 0) is 325 Å². The predicted octanol–water partition coefficient (Wildman–Crippen LogP) is 22.3. The number of fused-ring (bicyclic) bond motifs is 6. The van der Waals surface area contributed by atoms with Crippen LogP contribution in [0.15, 0.2) is 218 Å². The zero-order valence-corrected chi connectivity index (χ0v) is 72.5. The number of hydrogen-bond acceptors (Lipinski definition) is 11. The van der Waals surface area contributed by atoms with Crippen LogP contribution in [0.4, 0.5) is 39.8 Å². The number of piperidine rings is 5. The second-order valence-electron chi connectivity index (χ2n) is 34.8. The first-order valence-corrected chi connectivity index (χ1v) is 43.9. The summed E-state index contributed by atoms with van der Waals surface area (Å²) in [5.74, 6) is 0. The van der Waals surface area contributed by atoms with E-state index in [1.807, 2.05) is 0 Å². The summed E-state index contributed by atoms with van der Waals surface area (Å²) in [4.78, 5) is 20.6. The highest BCUT2D eigenvalue weighted by molar-refractivity contribution is 5.93. The van der Waals surface area contributed by atoms with Crippen molar-refractivity contribution in [2.45, 2.75) is 134 Å². The number of benzene rings is 12. The van der Waals surface area contributed by atoms with Crippen molar-refractivity contribution in [2.75, 3.05) is 184 Å². The van der Waals surface area contributed by atoms with Crippen LogP contribution in [-0.2, 0) is 13.1 Å². The Bertz CT molecular complexity index is 4940. The van der Waals surface area contributed by atoms with Gasteiger partial charge in [-0.25, -0.2) is 4.58 Å². The molecular formula is C104H135N12+. The molecular weight excluding hydrogens is 1420 g/mol. The monoisotopic (exact) mass is 1550 g/mol. The number of rotatable bonds is 14. The molecule has 18 rings (SSSR count). The lowest BCUT2D eigenvalue weighted by atomic mass is 9.95. The fourth-order valence-electron chi connectivity index (χ4n) is 17.4. The molecule has 116 heavy (non-hydrogen) atoms. The molecule has 0 amide bonds. The fourth-order valence-corrected chi connectivity index (χ4v) is 17.4. The number of anilines is 7. The van der Waals surface area contributed by atoms with Gasteiger partial charge in [0.05, 0.1) is 0 Å². The Balaban J connectivity index is 0.000000121. The molecule has 12 heteroatoms. The van der Waals surface area contributed by atoms with Crippen molar-refractivity contribution < 1.29 is 4.58 Å². The minimum Gasteiger partial charge on any atom is -0.378 e. The summed E-state index contributed by atoms with van der Waals surface area (Å²) in [5.41, 5.74) is 16.0. The largest absolute Gasteiger partial charge is 0.378 e. The lowest BCUT2D eigenvalue weighted by Gasteiger charge is -2.29. The van der Waals surface area contributed by atoms with Gasteiger partial charge in [0.1, 0.15) is 13.1 Å². The number of nitrogens with one attached hydrogen (secondary N) is 2. The molecule has 6 aliphatic rings. The van der Waals surface area contributed by atoms with Crippen molar-refractivity contribution in [3.05, 3.63) is 246 Å². The van der Waals surface area contributed by atoms with Gasteiger partial charge in [-0.3, -0.25) is 9.80 Å². The Labute approximate surface area is 696 Å². The first-order chi connectivity index (χ1) is 56.4. The number of likely N-dealkylation sites (tertiary alicyclic amines) is 2. The maximum absolute atomic E-state index is 3.62. The highest BCUT2D eigenvalue weighted by Gasteiger charge is 2.20. The van der Waals surface area contributed by atoms with Gasteiger partial charge < -0.3 is 44.9 Å². The van der Waals surface area contributed by atoms with E-state index in [9.17, 15) is 0 Å². The predicted molar refractivity (Wildman–Crippen MR) is 508 cm³/mol. The number of nitrogens with zero attached hydrogens (tertiary/aromatic N) is 10. The van der Waals surface area contributed by atoms with E-state index in [2.05, 4.69) is 368 Å². The van der Waals surface area contributed by atoms with Crippen molar-refractivity contribution in [3.63, 3.8) is 0 Å². The van der Waals surface area contributed by atoms with E-state index >= 15 is 0 Å². The van der Waals surface area contributed by atoms with Gasteiger partial charge in [0.2, 0.25) is 0 Å². The standard InChI is InChI=1S/2C18H24N2.C18H23N2.2C17H22N2.C16H20N2/c3*1-19(2)18-9-8-16-12-15(6-7-17(16)13-18)14-20-10-4-3-5-11-20;1-18(2)16-8-6-15-13-17(9-7-14(15)12-16)19-10-4-3-5-11-19;1-19(2)16-9-8-13-11-15(7-6-14(13)12-16)17-5-3-4-10-18-17;1-18(2)15-8-7-12-10-14(6-5-13(12)11-15)16-4-3-9-17-16/h2*6-9,12-13H,3-5,10-11,14H2,1-2H3;6-9,12-14H,3-5,10-11H2,1-2H3;6-9,12-13H,3-5,10-11H2,1-2H3;6-9,11-12,17-18H,3-5,10H2,1-2H3;5-8,10-11,16-17H,3-4,9H2,1-2H3/q;;+1;;;. The van der Waals surface area contributed by atoms with Crippen LogP contribution < -0.4 is 44.9 Å². The van der Waals surface area contributed by atoms with Crippen LogP contribution in [0.3, 0.4) is 0 Å². The molecule has 610 valence electrons. The molecule has 2 unspecified atom stereocenters. The topological polar surface area (TPSA) is 56.2 Å². The molecule has 6 saturated heterocycles.